The molecular formula is C37H35F5N4O7S. The number of nitrogens with zero attached hydrogens (tertiary/aromatic N) is 1. The Balaban J connectivity index is 1.30. The molecule has 0 spiro atoms. The van der Waals surface area contributed by atoms with E-state index in [1.54, 1.807) is 26.8 Å². The summed E-state index contributed by atoms with van der Waals surface area (Å²) in [5, 5.41) is 2.22. The normalized spacial score (nSPS) is 13.2. The third kappa shape index (κ3) is 7.95. The Bertz CT molecular complexity index is 2200. The van der Waals surface area contributed by atoms with Gasteiger partial charge < -0.3 is 25.3 Å². The number of nitrogens with one attached hydrogen (secondary N) is 2. The van der Waals surface area contributed by atoms with Gasteiger partial charge in [-0.25, -0.2) is 35.9 Å². The highest BCUT2D eigenvalue weighted by molar-refractivity contribution is 7.90. The number of carbonyl (C=O) groups excluding carboxylic acids is 2. The molecule has 54 heavy (non-hydrogen) atoms. The maximum Gasteiger partial charge on any atom is 0.407 e. The Morgan fingerprint density at radius 3 is 2.00 bits per heavy atom. The van der Waals surface area contributed by atoms with Gasteiger partial charge in [-0.05, 0) is 78.6 Å². The molecule has 0 aromatic heterocycles. The standard InChI is InChI=1S/C37H35F5N4O7S/c1-18-16-27(51-4)19(2)20(3)34(18)54(49,50)46-36(43)44-15-9-14-26(35(47)53-33-31(41)29(39)28(38)30(40)32(33)42)45-37(48)52-17-25-23-12-7-5-10-21(23)22-11-6-8-13-24(22)25/h5-8,10-13,16,25-26H,9,14-15,17H2,1-4H3,(H,45,48)(H3,43,44,46)/t26-/m1/s1. The summed E-state index contributed by atoms with van der Waals surface area (Å²) in [5.41, 5.74) is 10.9. The number of nitrogens with two attached hydrogens (primary N) is 1. The number of carbonyl (C=O) groups is 2. The molecule has 1 aliphatic carbocycles. The monoisotopic (exact) mass is 774 g/mol. The minimum atomic E-state index is -4.22. The van der Waals surface area contributed by atoms with Crippen molar-refractivity contribution in [3.05, 3.63) is 112 Å². The number of halogens is 5. The lowest BCUT2D eigenvalue weighted by Crippen LogP contribution is -2.44. The van der Waals surface area contributed by atoms with Crippen LogP contribution in [0.4, 0.5) is 26.7 Å². The van der Waals surface area contributed by atoms with Gasteiger partial charge in [0, 0.05) is 12.5 Å². The van der Waals surface area contributed by atoms with Gasteiger partial charge in [-0.1, -0.05) is 48.5 Å². The van der Waals surface area contributed by atoms with Crippen molar-refractivity contribution in [2.75, 3.05) is 20.3 Å². The largest absolute Gasteiger partial charge is 0.496 e. The summed E-state index contributed by atoms with van der Waals surface area (Å²) in [7, 11) is -2.77. The highest BCUT2D eigenvalue weighted by Gasteiger charge is 2.33. The third-order valence-electron chi connectivity index (χ3n) is 8.93. The van der Waals surface area contributed by atoms with Crippen LogP contribution in [0.5, 0.6) is 11.5 Å². The Morgan fingerprint density at radius 2 is 1.43 bits per heavy atom. The second-order valence-corrected chi connectivity index (χ2v) is 14.0. The fraction of sp³-hybridized carbons (Fsp3) is 0.270. The first-order valence-corrected chi connectivity index (χ1v) is 17.9. The molecule has 5 rings (SSSR count). The van der Waals surface area contributed by atoms with E-state index in [4.69, 9.17) is 15.2 Å². The number of sulfonamides is 1. The first-order chi connectivity index (χ1) is 25.6. The van der Waals surface area contributed by atoms with Crippen LogP contribution < -0.4 is 25.2 Å². The van der Waals surface area contributed by atoms with Gasteiger partial charge in [-0.2, -0.15) is 8.78 Å². The quantitative estimate of drug-likeness (QED) is 0.0224. The lowest BCUT2D eigenvalue weighted by molar-refractivity contribution is -0.137. The van der Waals surface area contributed by atoms with Crippen LogP contribution in [-0.2, 0) is 19.6 Å². The van der Waals surface area contributed by atoms with Gasteiger partial charge in [-0.15, -0.1) is 0 Å². The summed E-state index contributed by atoms with van der Waals surface area (Å²) in [4.78, 5) is 30.1. The molecule has 0 fully saturated rings. The van der Waals surface area contributed by atoms with Crippen molar-refractivity contribution in [1.29, 1.82) is 0 Å². The molecule has 11 nitrogen and oxygen atoms in total. The number of hydrogen-bond acceptors (Lipinski definition) is 8. The first kappa shape index (κ1) is 39.5. The summed E-state index contributed by atoms with van der Waals surface area (Å²) in [5.74, 6) is -15.8. The smallest absolute Gasteiger partial charge is 0.407 e. The molecule has 4 N–H and O–H groups in total. The lowest BCUT2D eigenvalue weighted by Gasteiger charge is -2.19. The Labute approximate surface area is 307 Å². The molecule has 0 heterocycles. The molecule has 0 unspecified atom stereocenters. The van der Waals surface area contributed by atoms with E-state index in [9.17, 15) is 40.0 Å². The number of methoxy groups -OCH3 is 1. The summed E-state index contributed by atoms with van der Waals surface area (Å²) in [6.45, 7) is 4.42. The van der Waals surface area contributed by atoms with Crippen LogP contribution in [0.2, 0.25) is 0 Å². The number of ether oxygens (including phenoxy) is 3. The Morgan fingerprint density at radius 1 is 0.870 bits per heavy atom. The molecule has 4 aromatic rings. The Kier molecular flexibility index (Phi) is 11.8. The zero-order chi connectivity index (χ0) is 39.5. The second kappa shape index (κ2) is 16.1. The third-order valence-corrected chi connectivity index (χ3v) is 10.6. The molecule has 0 aliphatic heterocycles. The van der Waals surface area contributed by atoms with Crippen molar-refractivity contribution in [2.45, 2.75) is 50.5 Å². The number of amides is 1. The molecule has 286 valence electrons. The predicted octanol–water partition coefficient (Wildman–Crippen LogP) is 6.20. The van der Waals surface area contributed by atoms with Crippen molar-refractivity contribution in [2.24, 2.45) is 10.7 Å². The van der Waals surface area contributed by atoms with Crippen LogP contribution in [0.15, 0.2) is 64.5 Å². The van der Waals surface area contributed by atoms with Gasteiger partial charge in [0.2, 0.25) is 40.8 Å². The minimum absolute atomic E-state index is 0.0396. The number of aryl methyl sites for hydroxylation is 1. The SMILES string of the molecule is COc1cc(C)c(S(=O)(=O)NC(N)=NCCC[C@@H](NC(=O)OCC2c3ccccc3-c3ccccc32)C(=O)Oc2c(F)c(F)c(F)c(F)c2F)c(C)c1C. The van der Waals surface area contributed by atoms with Gasteiger partial charge in [0.05, 0.1) is 12.0 Å². The van der Waals surface area contributed by atoms with Gasteiger partial charge in [-0.3, -0.25) is 4.99 Å². The molecule has 17 heteroatoms. The molecule has 1 aliphatic rings. The average molecular weight is 775 g/mol. The van der Waals surface area contributed by atoms with E-state index < -0.39 is 75.3 Å². The van der Waals surface area contributed by atoms with Crippen LogP contribution in [0.3, 0.4) is 0 Å². The van der Waals surface area contributed by atoms with E-state index in [0.29, 0.717) is 22.4 Å². The van der Waals surface area contributed by atoms with Crippen molar-refractivity contribution in [3.8, 4) is 22.6 Å². The van der Waals surface area contributed by atoms with Crippen LogP contribution in [0.1, 0.15) is 46.6 Å². The van der Waals surface area contributed by atoms with Crippen molar-refractivity contribution in [1.82, 2.24) is 10.0 Å². The minimum Gasteiger partial charge on any atom is -0.496 e. The van der Waals surface area contributed by atoms with Crippen molar-refractivity contribution < 1.29 is 54.2 Å². The van der Waals surface area contributed by atoms with Gasteiger partial charge >= 0.3 is 12.1 Å². The lowest BCUT2D eigenvalue weighted by atomic mass is 9.98. The van der Waals surface area contributed by atoms with E-state index in [2.05, 4.69) is 19.8 Å². The molecule has 1 atom stereocenters. The topological polar surface area (TPSA) is 158 Å². The van der Waals surface area contributed by atoms with Gasteiger partial charge in [0.15, 0.2) is 0 Å². The second-order valence-electron chi connectivity index (χ2n) is 12.3. The summed E-state index contributed by atoms with van der Waals surface area (Å²) >= 11 is 0. The van der Waals surface area contributed by atoms with E-state index in [1.807, 2.05) is 48.5 Å². The fourth-order valence-corrected chi connectivity index (χ4v) is 7.72. The highest BCUT2D eigenvalue weighted by Crippen LogP contribution is 2.44. The van der Waals surface area contributed by atoms with E-state index in [1.165, 1.54) is 7.11 Å². The fourth-order valence-electron chi connectivity index (χ4n) is 6.24. The number of hydrogen-bond donors (Lipinski definition) is 3. The predicted molar refractivity (Wildman–Crippen MR) is 187 cm³/mol. The molecule has 1 amide bonds. The molecule has 4 aromatic carbocycles. The Hall–Kier alpha value is -5.71. The number of aliphatic imine (C=N–C) groups is 1. The van der Waals surface area contributed by atoms with E-state index in [-0.39, 0.29) is 30.4 Å². The van der Waals surface area contributed by atoms with Crippen LogP contribution in [0, 0.1) is 49.9 Å². The van der Waals surface area contributed by atoms with Gasteiger partial charge in [0.25, 0.3) is 10.0 Å². The maximum atomic E-state index is 14.4. The van der Waals surface area contributed by atoms with Crippen LogP contribution >= 0.6 is 0 Å². The van der Waals surface area contributed by atoms with Crippen molar-refractivity contribution in [3.63, 3.8) is 0 Å². The summed E-state index contributed by atoms with van der Waals surface area (Å²) in [6.07, 6.45) is -1.69. The number of esters is 1. The van der Waals surface area contributed by atoms with Gasteiger partial charge in [0.1, 0.15) is 18.4 Å². The number of rotatable bonds is 12. The van der Waals surface area contributed by atoms with Crippen molar-refractivity contribution >= 4 is 28.0 Å². The maximum absolute atomic E-state index is 14.4. The molecule has 0 bridgehead atoms. The van der Waals surface area contributed by atoms with Crippen LogP contribution in [0.25, 0.3) is 11.1 Å². The summed E-state index contributed by atoms with van der Waals surface area (Å²) in [6, 6.07) is 14.7. The first-order valence-electron chi connectivity index (χ1n) is 16.4. The summed E-state index contributed by atoms with van der Waals surface area (Å²) < 4.78 is 114. The number of alkyl carbamates (subject to hydrolysis) is 1. The molecule has 0 radical (unpaired) electrons. The van der Waals surface area contributed by atoms with E-state index >= 15 is 0 Å². The average Bonchev–Trinajstić information content (AvgIpc) is 3.46. The molecular weight excluding hydrogens is 739 g/mol. The van der Waals surface area contributed by atoms with Crippen LogP contribution in [-0.4, -0.2) is 52.7 Å². The zero-order valence-corrected chi connectivity index (χ0v) is 30.2. The molecule has 0 saturated heterocycles. The zero-order valence-electron chi connectivity index (χ0n) is 29.4. The highest BCUT2D eigenvalue weighted by atomic mass is 32.2. The number of benzene rings is 4. The van der Waals surface area contributed by atoms with E-state index in [0.717, 1.165) is 22.3 Å². The number of guanidine groups is 1. The number of fused-ring (bicyclic) bond motifs is 3. The molecule has 0 saturated carbocycles.